The van der Waals surface area contributed by atoms with Crippen LogP contribution in [0.1, 0.15) is 105 Å². The minimum absolute atomic E-state index is 0.173. The number of carbonyl (C=O) groups excluding carboxylic acids is 4. The lowest BCUT2D eigenvalue weighted by Crippen LogP contribution is -2.59. The highest BCUT2D eigenvalue weighted by atomic mass is 32.2. The minimum atomic E-state index is -4.11. The van der Waals surface area contributed by atoms with Crippen molar-refractivity contribution in [1.82, 2.24) is 24.6 Å². The Morgan fingerprint density at radius 3 is 2.51 bits per heavy atom. The summed E-state index contributed by atoms with van der Waals surface area (Å²) in [6.45, 7) is 8.05. The van der Waals surface area contributed by atoms with Crippen LogP contribution < -0.4 is 15.4 Å². The molecule has 2 saturated heterocycles. The number of ether oxygens (including phenoxy) is 1. The molecule has 5 atom stereocenters. The van der Waals surface area contributed by atoms with Crippen molar-refractivity contribution in [1.29, 1.82) is 0 Å². The molecule has 1 aliphatic carbocycles. The number of nitrogens with zero attached hydrogens (tertiary/aromatic N) is 2. The molecular weight excluding hydrogens is 574 g/mol. The Hall–Kier alpha value is -2.67. The summed E-state index contributed by atoms with van der Waals surface area (Å²) in [5, 5.41) is 5.60. The van der Waals surface area contributed by atoms with Crippen LogP contribution in [0, 0.1) is 5.92 Å². The van der Waals surface area contributed by atoms with Crippen LogP contribution in [0.3, 0.4) is 0 Å². The van der Waals surface area contributed by atoms with Gasteiger partial charge >= 0.3 is 16.3 Å². The standard InChI is InChI=1S/C30H49N5O7S/c1-5-22-15-11-12-19-35(22)43(40,41)33-27(38)30-20-21(30)14-9-7-6-8-10-17-24(42-28(39)32-29(2,3)4)26(37)34-18-13-16-23(34)25(36)31-30/h9,14,21-24H,5-8,10-13,15-20H2,1-4H3,(H,31,36)(H,32,39)(H,33,38)/t21-,22?,23+,24+,30-/m1/s1. The summed E-state index contributed by atoms with van der Waals surface area (Å²) in [7, 11) is -4.11. The maximum atomic E-state index is 13.7. The third kappa shape index (κ3) is 8.09. The zero-order chi connectivity index (χ0) is 31.4. The molecule has 4 amide bonds. The van der Waals surface area contributed by atoms with Crippen LogP contribution in [0.5, 0.6) is 0 Å². The number of amides is 4. The third-order valence-electron chi connectivity index (χ3n) is 8.89. The summed E-state index contributed by atoms with van der Waals surface area (Å²) >= 11 is 0. The Labute approximate surface area is 255 Å². The molecule has 3 fully saturated rings. The van der Waals surface area contributed by atoms with Gasteiger partial charge in [-0.3, -0.25) is 14.4 Å². The molecule has 242 valence electrons. The molecule has 4 rings (SSSR count). The SMILES string of the molecule is CCC1CCCCN1S(=O)(=O)NC(=O)[C@@]12C[C@H]1C=CCCCCC[C@H](OC(=O)NC(C)(C)C)C(=O)N1CCC[C@H]1C(=O)N2. The van der Waals surface area contributed by atoms with Gasteiger partial charge in [-0.25, -0.2) is 9.52 Å². The van der Waals surface area contributed by atoms with Gasteiger partial charge in [-0.15, -0.1) is 0 Å². The fourth-order valence-electron chi connectivity index (χ4n) is 6.47. The summed E-state index contributed by atoms with van der Waals surface area (Å²) in [5.74, 6) is -2.05. The predicted molar refractivity (Wildman–Crippen MR) is 161 cm³/mol. The Bertz CT molecular complexity index is 1200. The molecule has 0 bridgehead atoms. The Balaban J connectivity index is 1.54. The number of fused-ring (bicyclic) bond motifs is 2. The lowest BCUT2D eigenvalue weighted by atomic mass is 10.0. The van der Waals surface area contributed by atoms with Gasteiger partial charge in [-0.2, -0.15) is 12.7 Å². The monoisotopic (exact) mass is 623 g/mol. The Kier molecular flexibility index (Phi) is 10.5. The average Bonchev–Trinajstić information content (AvgIpc) is 3.39. The van der Waals surface area contributed by atoms with E-state index in [1.54, 1.807) is 0 Å². The van der Waals surface area contributed by atoms with E-state index in [-0.39, 0.29) is 18.4 Å². The van der Waals surface area contributed by atoms with Crippen molar-refractivity contribution in [2.45, 2.75) is 134 Å². The molecule has 0 aromatic carbocycles. The van der Waals surface area contributed by atoms with Crippen molar-refractivity contribution in [3.8, 4) is 0 Å². The topological polar surface area (TPSA) is 154 Å². The summed E-state index contributed by atoms with van der Waals surface area (Å²) in [6.07, 6.45) is 9.80. The summed E-state index contributed by atoms with van der Waals surface area (Å²) in [5.41, 5.74) is -1.96. The molecular formula is C30H49N5O7S. The normalized spacial score (nSPS) is 31.1. The van der Waals surface area contributed by atoms with Gasteiger partial charge in [-0.1, -0.05) is 31.9 Å². The van der Waals surface area contributed by atoms with Gasteiger partial charge < -0.3 is 20.3 Å². The number of alkyl carbamates (subject to hydrolysis) is 1. The van der Waals surface area contributed by atoms with E-state index >= 15 is 0 Å². The number of hydrogen-bond donors (Lipinski definition) is 3. The molecule has 0 aromatic heterocycles. The molecule has 3 N–H and O–H groups in total. The van der Waals surface area contributed by atoms with Crippen molar-refractivity contribution >= 4 is 34.0 Å². The first-order valence-corrected chi connectivity index (χ1v) is 17.3. The highest BCUT2D eigenvalue weighted by Gasteiger charge is 2.61. The van der Waals surface area contributed by atoms with E-state index in [2.05, 4.69) is 15.4 Å². The van der Waals surface area contributed by atoms with Gasteiger partial charge in [0.25, 0.3) is 11.8 Å². The third-order valence-corrected chi connectivity index (χ3v) is 10.4. The van der Waals surface area contributed by atoms with Crippen molar-refractivity contribution in [2.24, 2.45) is 5.92 Å². The van der Waals surface area contributed by atoms with Crippen LogP contribution in [0.2, 0.25) is 0 Å². The van der Waals surface area contributed by atoms with E-state index in [0.717, 1.165) is 38.5 Å². The molecule has 3 heterocycles. The molecule has 1 unspecified atom stereocenters. The highest BCUT2D eigenvalue weighted by molar-refractivity contribution is 7.87. The number of rotatable bonds is 5. The molecule has 12 nitrogen and oxygen atoms in total. The van der Waals surface area contributed by atoms with E-state index in [9.17, 15) is 27.6 Å². The van der Waals surface area contributed by atoms with Gasteiger partial charge in [0.1, 0.15) is 11.6 Å². The molecule has 0 radical (unpaired) electrons. The molecule has 0 spiro atoms. The second-order valence-corrected chi connectivity index (χ2v) is 15.0. The molecule has 4 aliphatic rings. The van der Waals surface area contributed by atoms with Crippen molar-refractivity contribution < 1.29 is 32.3 Å². The molecule has 43 heavy (non-hydrogen) atoms. The Morgan fingerprint density at radius 1 is 1.05 bits per heavy atom. The number of allylic oxidation sites excluding steroid dienone is 1. The predicted octanol–water partition coefficient (Wildman–Crippen LogP) is 2.89. The van der Waals surface area contributed by atoms with E-state index in [0.29, 0.717) is 45.2 Å². The van der Waals surface area contributed by atoms with Gasteiger partial charge in [0, 0.05) is 30.6 Å². The van der Waals surface area contributed by atoms with Crippen LogP contribution >= 0.6 is 0 Å². The van der Waals surface area contributed by atoms with Gasteiger partial charge in [0.15, 0.2) is 6.10 Å². The van der Waals surface area contributed by atoms with Crippen LogP contribution in [0.4, 0.5) is 4.79 Å². The van der Waals surface area contributed by atoms with E-state index < -0.39 is 57.2 Å². The smallest absolute Gasteiger partial charge is 0.408 e. The number of piperidine rings is 1. The molecule has 0 aromatic rings. The largest absolute Gasteiger partial charge is 0.436 e. The zero-order valence-electron chi connectivity index (χ0n) is 26.0. The molecule has 1 saturated carbocycles. The van der Waals surface area contributed by atoms with E-state index in [4.69, 9.17) is 4.74 Å². The fourth-order valence-corrected chi connectivity index (χ4v) is 8.02. The second-order valence-electron chi connectivity index (χ2n) is 13.4. The lowest BCUT2D eigenvalue weighted by molar-refractivity contribution is -0.146. The van der Waals surface area contributed by atoms with Gasteiger partial charge in [0.2, 0.25) is 5.91 Å². The van der Waals surface area contributed by atoms with Gasteiger partial charge in [-0.05, 0) is 85.0 Å². The summed E-state index contributed by atoms with van der Waals surface area (Å²) in [4.78, 5) is 55.1. The maximum absolute atomic E-state index is 13.7. The quantitative estimate of drug-likeness (QED) is 0.398. The second kappa shape index (κ2) is 13.5. The van der Waals surface area contributed by atoms with Crippen molar-refractivity contribution in [3.05, 3.63) is 12.2 Å². The highest BCUT2D eigenvalue weighted by Crippen LogP contribution is 2.46. The molecule has 3 aliphatic heterocycles. The first-order chi connectivity index (χ1) is 20.3. The van der Waals surface area contributed by atoms with E-state index in [1.165, 1.54) is 9.21 Å². The number of carbonyl (C=O) groups is 4. The van der Waals surface area contributed by atoms with Crippen LogP contribution in [-0.4, -0.2) is 83.8 Å². The zero-order valence-corrected chi connectivity index (χ0v) is 26.8. The van der Waals surface area contributed by atoms with Crippen molar-refractivity contribution in [3.63, 3.8) is 0 Å². The minimum Gasteiger partial charge on any atom is -0.436 e. The Morgan fingerprint density at radius 2 is 1.79 bits per heavy atom. The first-order valence-electron chi connectivity index (χ1n) is 15.9. The van der Waals surface area contributed by atoms with Gasteiger partial charge in [0.05, 0.1) is 0 Å². The van der Waals surface area contributed by atoms with Crippen LogP contribution in [-0.2, 0) is 29.3 Å². The van der Waals surface area contributed by atoms with Crippen LogP contribution in [0.15, 0.2) is 12.2 Å². The first kappa shape index (κ1) is 33.2. The lowest BCUT2D eigenvalue weighted by Gasteiger charge is -2.34. The van der Waals surface area contributed by atoms with Crippen LogP contribution in [0.25, 0.3) is 0 Å². The summed E-state index contributed by atoms with van der Waals surface area (Å²) in [6, 6.07) is -1.03. The average molecular weight is 624 g/mol. The maximum Gasteiger partial charge on any atom is 0.408 e. The van der Waals surface area contributed by atoms with Crippen molar-refractivity contribution in [2.75, 3.05) is 13.1 Å². The van der Waals surface area contributed by atoms with E-state index in [1.807, 2.05) is 39.8 Å². The fraction of sp³-hybridized carbons (Fsp3) is 0.800. The number of hydrogen-bond acceptors (Lipinski definition) is 7. The summed E-state index contributed by atoms with van der Waals surface area (Å²) < 4.78 is 36.0. The molecule has 13 heteroatoms. The number of nitrogens with one attached hydrogen (secondary N) is 3.